The molecule has 1 heterocycles. The highest BCUT2D eigenvalue weighted by molar-refractivity contribution is 6.32. The summed E-state index contributed by atoms with van der Waals surface area (Å²) in [6.07, 6.45) is 5.94. The monoisotopic (exact) mass is 394 g/mol. The Labute approximate surface area is 165 Å². The molecule has 2 fully saturated rings. The quantitative estimate of drug-likeness (QED) is 0.805. The minimum atomic E-state index is -0.0830. The highest BCUT2D eigenvalue weighted by atomic mass is 35.5. The zero-order valence-electron chi connectivity index (χ0n) is 15.7. The third-order valence-electron chi connectivity index (χ3n) is 5.24. The number of carbonyl (C=O) groups excluding carboxylic acids is 2. The van der Waals surface area contributed by atoms with Gasteiger partial charge in [-0.2, -0.15) is 0 Å². The van der Waals surface area contributed by atoms with Crippen molar-refractivity contribution in [2.24, 2.45) is 0 Å². The maximum Gasteiger partial charge on any atom is 0.251 e. The van der Waals surface area contributed by atoms with E-state index in [0.29, 0.717) is 29.4 Å². The minimum absolute atomic E-state index is 0.00612. The number of rotatable bonds is 6. The summed E-state index contributed by atoms with van der Waals surface area (Å²) in [6.45, 7) is 1.40. The van der Waals surface area contributed by atoms with Crippen LogP contribution in [0.3, 0.4) is 0 Å². The summed E-state index contributed by atoms with van der Waals surface area (Å²) < 4.78 is 10.9. The number of likely N-dealkylation sites (tertiary alicyclic amines) is 1. The van der Waals surface area contributed by atoms with Crippen LogP contribution < -0.4 is 10.1 Å². The number of amides is 2. The first-order valence-electron chi connectivity index (χ1n) is 9.60. The number of hydrogen-bond acceptors (Lipinski definition) is 4. The molecule has 1 N–H and O–H groups in total. The van der Waals surface area contributed by atoms with Gasteiger partial charge < -0.3 is 19.7 Å². The van der Waals surface area contributed by atoms with Crippen molar-refractivity contribution in [3.63, 3.8) is 0 Å². The van der Waals surface area contributed by atoms with Crippen LogP contribution in [-0.2, 0) is 9.53 Å². The lowest BCUT2D eigenvalue weighted by atomic mass is 10.1. The topological polar surface area (TPSA) is 67.9 Å². The van der Waals surface area contributed by atoms with Gasteiger partial charge in [-0.25, -0.2) is 0 Å². The summed E-state index contributed by atoms with van der Waals surface area (Å²) in [7, 11) is 1.52. The van der Waals surface area contributed by atoms with Gasteiger partial charge >= 0.3 is 0 Å². The molecule has 1 aromatic carbocycles. The molecule has 1 aliphatic carbocycles. The van der Waals surface area contributed by atoms with E-state index in [9.17, 15) is 9.59 Å². The smallest absolute Gasteiger partial charge is 0.251 e. The van der Waals surface area contributed by atoms with Crippen molar-refractivity contribution in [2.45, 2.75) is 50.7 Å². The van der Waals surface area contributed by atoms with E-state index in [1.54, 1.807) is 23.1 Å². The lowest BCUT2D eigenvalue weighted by molar-refractivity contribution is -0.136. The average Bonchev–Trinajstić information content (AvgIpc) is 3.17. The molecule has 2 amide bonds. The number of hydrogen-bond donors (Lipinski definition) is 1. The largest absolute Gasteiger partial charge is 0.489 e. The Morgan fingerprint density at radius 3 is 2.52 bits per heavy atom. The minimum Gasteiger partial charge on any atom is -0.489 e. The van der Waals surface area contributed by atoms with Crippen LogP contribution in [0, 0.1) is 0 Å². The Hall–Kier alpha value is -1.79. The van der Waals surface area contributed by atoms with Gasteiger partial charge in [0.05, 0.1) is 5.02 Å². The van der Waals surface area contributed by atoms with Crippen LogP contribution in [0.2, 0.25) is 5.02 Å². The van der Waals surface area contributed by atoms with Crippen molar-refractivity contribution >= 4 is 23.4 Å². The molecule has 2 aliphatic rings. The van der Waals surface area contributed by atoms with E-state index < -0.39 is 0 Å². The second-order valence-electron chi connectivity index (χ2n) is 7.23. The summed E-state index contributed by atoms with van der Waals surface area (Å²) in [6, 6.07) is 5.45. The van der Waals surface area contributed by atoms with Gasteiger partial charge in [0.15, 0.2) is 0 Å². The van der Waals surface area contributed by atoms with Gasteiger partial charge in [-0.05, 0) is 31.0 Å². The van der Waals surface area contributed by atoms with Crippen molar-refractivity contribution in [1.29, 1.82) is 0 Å². The van der Waals surface area contributed by atoms with Gasteiger partial charge in [0, 0.05) is 44.6 Å². The van der Waals surface area contributed by atoms with E-state index in [0.717, 1.165) is 25.7 Å². The highest BCUT2D eigenvalue weighted by Gasteiger charge is 2.24. The standard InChI is InChI=1S/C20H27ClN2O4/c1-26-13-19(24)23-10-8-16(9-11-23)27-18-7-6-14(12-17(18)21)20(25)22-15-4-2-3-5-15/h6-7,12,15-16H,2-5,8-11,13H2,1H3,(H,22,25). The van der Waals surface area contributed by atoms with Crippen LogP contribution in [0.1, 0.15) is 48.9 Å². The van der Waals surface area contributed by atoms with Crippen molar-refractivity contribution in [1.82, 2.24) is 10.2 Å². The zero-order valence-corrected chi connectivity index (χ0v) is 16.5. The second kappa shape index (κ2) is 9.42. The first-order valence-corrected chi connectivity index (χ1v) is 9.98. The predicted octanol–water partition coefficient (Wildman–Crippen LogP) is 3.03. The van der Waals surface area contributed by atoms with E-state index in [1.165, 1.54) is 20.0 Å². The fraction of sp³-hybridized carbons (Fsp3) is 0.600. The van der Waals surface area contributed by atoms with Crippen molar-refractivity contribution in [3.8, 4) is 5.75 Å². The number of piperidine rings is 1. The molecule has 0 bridgehead atoms. The molecule has 0 aromatic heterocycles. The zero-order chi connectivity index (χ0) is 19.2. The summed E-state index contributed by atoms with van der Waals surface area (Å²) in [5, 5.41) is 3.50. The first-order chi connectivity index (χ1) is 13.1. The highest BCUT2D eigenvalue weighted by Crippen LogP contribution is 2.29. The van der Waals surface area contributed by atoms with Gasteiger partial charge in [-0.15, -0.1) is 0 Å². The summed E-state index contributed by atoms with van der Waals surface area (Å²) >= 11 is 6.34. The van der Waals surface area contributed by atoms with E-state index in [1.807, 2.05) is 0 Å². The molecule has 1 aromatic rings. The Balaban J connectivity index is 1.52. The lowest BCUT2D eigenvalue weighted by Crippen LogP contribution is -2.43. The number of ether oxygens (including phenoxy) is 2. The molecule has 1 saturated carbocycles. The number of nitrogens with one attached hydrogen (secondary N) is 1. The van der Waals surface area contributed by atoms with Gasteiger partial charge in [-0.3, -0.25) is 9.59 Å². The van der Waals surface area contributed by atoms with E-state index >= 15 is 0 Å². The van der Waals surface area contributed by atoms with Crippen LogP contribution >= 0.6 is 11.6 Å². The summed E-state index contributed by atoms with van der Waals surface area (Å²) in [4.78, 5) is 26.0. The van der Waals surface area contributed by atoms with E-state index in [2.05, 4.69) is 5.32 Å². The van der Waals surface area contributed by atoms with Gasteiger partial charge in [-0.1, -0.05) is 24.4 Å². The Morgan fingerprint density at radius 1 is 1.19 bits per heavy atom. The van der Waals surface area contributed by atoms with E-state index in [-0.39, 0.29) is 30.6 Å². The normalized spacial score (nSPS) is 18.5. The molecule has 0 spiro atoms. The van der Waals surface area contributed by atoms with Crippen molar-refractivity contribution < 1.29 is 19.1 Å². The number of nitrogens with zero attached hydrogens (tertiary/aromatic N) is 1. The number of carbonyl (C=O) groups is 2. The molecule has 0 radical (unpaired) electrons. The van der Waals surface area contributed by atoms with Crippen molar-refractivity contribution in [3.05, 3.63) is 28.8 Å². The molecule has 27 heavy (non-hydrogen) atoms. The molecule has 3 rings (SSSR count). The molecule has 0 unspecified atom stereocenters. The fourth-order valence-corrected chi connectivity index (χ4v) is 3.92. The molecule has 0 atom stereocenters. The Bertz CT molecular complexity index is 668. The SMILES string of the molecule is COCC(=O)N1CCC(Oc2ccc(C(=O)NC3CCCC3)cc2Cl)CC1. The third-order valence-corrected chi connectivity index (χ3v) is 5.54. The number of halogens is 1. The van der Waals surface area contributed by atoms with Crippen LogP contribution in [0.15, 0.2) is 18.2 Å². The Morgan fingerprint density at radius 2 is 1.89 bits per heavy atom. The number of methoxy groups -OCH3 is 1. The van der Waals surface area contributed by atoms with Gasteiger partial charge in [0.1, 0.15) is 18.5 Å². The Kier molecular flexibility index (Phi) is 6.96. The van der Waals surface area contributed by atoms with E-state index in [4.69, 9.17) is 21.1 Å². The molecule has 148 valence electrons. The third kappa shape index (κ3) is 5.36. The second-order valence-corrected chi connectivity index (χ2v) is 7.64. The maximum atomic E-state index is 12.3. The molecule has 1 aliphatic heterocycles. The fourth-order valence-electron chi connectivity index (χ4n) is 3.69. The van der Waals surface area contributed by atoms with Crippen LogP contribution in [0.4, 0.5) is 0 Å². The molecular formula is C20H27ClN2O4. The van der Waals surface area contributed by atoms with Crippen LogP contribution in [0.5, 0.6) is 5.75 Å². The first kappa shape index (κ1) is 20.0. The number of benzene rings is 1. The lowest BCUT2D eigenvalue weighted by Gasteiger charge is -2.32. The predicted molar refractivity (Wildman–Crippen MR) is 103 cm³/mol. The molecule has 1 saturated heterocycles. The van der Waals surface area contributed by atoms with Crippen molar-refractivity contribution in [2.75, 3.05) is 26.8 Å². The molecular weight excluding hydrogens is 368 g/mol. The van der Waals surface area contributed by atoms with Gasteiger partial charge in [0.2, 0.25) is 5.91 Å². The maximum absolute atomic E-state index is 12.3. The van der Waals surface area contributed by atoms with Crippen LogP contribution in [0.25, 0.3) is 0 Å². The molecule has 7 heteroatoms. The average molecular weight is 395 g/mol. The molecule has 6 nitrogen and oxygen atoms in total. The summed E-state index contributed by atoms with van der Waals surface area (Å²) in [5.74, 6) is 0.502. The van der Waals surface area contributed by atoms with Gasteiger partial charge in [0.25, 0.3) is 5.91 Å². The summed E-state index contributed by atoms with van der Waals surface area (Å²) in [5.41, 5.74) is 0.555. The van der Waals surface area contributed by atoms with Crippen LogP contribution in [-0.4, -0.2) is 55.7 Å².